The van der Waals surface area contributed by atoms with Gasteiger partial charge in [-0.3, -0.25) is 0 Å². The zero-order valence-corrected chi connectivity index (χ0v) is 11.6. The zero-order valence-electron chi connectivity index (χ0n) is 11.6. The number of amidine groups is 1. The van der Waals surface area contributed by atoms with Crippen molar-refractivity contribution in [2.45, 2.75) is 38.6 Å². The van der Waals surface area contributed by atoms with Crippen LogP contribution in [-0.2, 0) is 0 Å². The lowest BCUT2D eigenvalue weighted by Crippen LogP contribution is -2.39. The smallest absolute Gasteiger partial charge is 0.171 e. The molecule has 2 unspecified atom stereocenters. The largest absolute Gasteiger partial charge is 0.409 e. The Balaban J connectivity index is 2.12. The lowest BCUT2D eigenvalue weighted by Gasteiger charge is -2.37. The molecular formula is C14H22N4O. The lowest BCUT2D eigenvalue weighted by atomic mass is 9.85. The lowest BCUT2D eigenvalue weighted by molar-refractivity contribution is 0.318. The fraction of sp³-hybridized carbons (Fsp3) is 0.571. The molecule has 1 heterocycles. The van der Waals surface area contributed by atoms with Crippen molar-refractivity contribution in [1.82, 2.24) is 4.98 Å². The second-order valence-corrected chi connectivity index (χ2v) is 5.33. The number of hydrogen-bond donors (Lipinski definition) is 2. The van der Waals surface area contributed by atoms with Crippen LogP contribution in [0.2, 0.25) is 0 Å². The predicted octanol–water partition coefficient (Wildman–Crippen LogP) is 2.19. The zero-order chi connectivity index (χ0) is 13.8. The molecule has 1 fully saturated rings. The molecule has 2 atom stereocenters. The van der Waals surface area contributed by atoms with Gasteiger partial charge in [0.05, 0.1) is 0 Å². The summed E-state index contributed by atoms with van der Waals surface area (Å²) in [5.41, 5.74) is 6.17. The first-order chi connectivity index (χ1) is 9.13. The Labute approximate surface area is 114 Å². The highest BCUT2D eigenvalue weighted by molar-refractivity contribution is 5.96. The average molecular weight is 262 g/mol. The first-order valence-electron chi connectivity index (χ1n) is 6.80. The molecule has 3 N–H and O–H groups in total. The Kier molecular flexibility index (Phi) is 4.24. The number of nitrogens with two attached hydrogens (primary N) is 1. The second kappa shape index (κ2) is 5.91. The second-order valence-electron chi connectivity index (χ2n) is 5.33. The molecule has 1 aromatic heterocycles. The van der Waals surface area contributed by atoms with Gasteiger partial charge in [0.2, 0.25) is 0 Å². The quantitative estimate of drug-likeness (QED) is 0.379. The SMILES string of the molecule is CC1CCCCC1N(C)c1ccc(C(N)=NO)cn1. The maximum absolute atomic E-state index is 8.63. The van der Waals surface area contributed by atoms with Crippen LogP contribution in [0.3, 0.4) is 0 Å². The van der Waals surface area contributed by atoms with Gasteiger partial charge >= 0.3 is 0 Å². The molecule has 0 amide bonds. The van der Waals surface area contributed by atoms with Crippen molar-refractivity contribution in [1.29, 1.82) is 0 Å². The van der Waals surface area contributed by atoms with E-state index in [1.54, 1.807) is 6.20 Å². The van der Waals surface area contributed by atoms with Crippen LogP contribution in [0.1, 0.15) is 38.2 Å². The van der Waals surface area contributed by atoms with Gasteiger partial charge in [0.1, 0.15) is 5.82 Å². The van der Waals surface area contributed by atoms with Crippen LogP contribution in [0, 0.1) is 5.92 Å². The summed E-state index contributed by atoms with van der Waals surface area (Å²) in [5.74, 6) is 1.73. The highest BCUT2D eigenvalue weighted by Crippen LogP contribution is 2.29. The van der Waals surface area contributed by atoms with Crippen LogP contribution < -0.4 is 10.6 Å². The molecule has 1 aliphatic carbocycles. The van der Waals surface area contributed by atoms with Crippen molar-refractivity contribution < 1.29 is 5.21 Å². The minimum absolute atomic E-state index is 0.0905. The third kappa shape index (κ3) is 2.97. The van der Waals surface area contributed by atoms with Gasteiger partial charge in [0.15, 0.2) is 5.84 Å². The number of nitrogens with zero attached hydrogens (tertiary/aromatic N) is 3. The standard InChI is InChI=1S/C14H22N4O/c1-10-5-3-4-6-12(10)18(2)13-8-7-11(9-16-13)14(15)17-19/h7-10,12,19H,3-6H2,1-2H3,(H2,15,17). The summed E-state index contributed by atoms with van der Waals surface area (Å²) in [6.07, 6.45) is 6.79. The maximum Gasteiger partial charge on any atom is 0.171 e. The highest BCUT2D eigenvalue weighted by Gasteiger charge is 2.25. The first-order valence-corrected chi connectivity index (χ1v) is 6.80. The number of oxime groups is 1. The Morgan fingerprint density at radius 1 is 1.42 bits per heavy atom. The summed E-state index contributed by atoms with van der Waals surface area (Å²) in [7, 11) is 2.10. The molecule has 0 aromatic carbocycles. The Bertz CT molecular complexity index is 443. The Morgan fingerprint density at radius 3 is 2.74 bits per heavy atom. The van der Waals surface area contributed by atoms with Gasteiger partial charge in [0, 0.05) is 24.8 Å². The summed E-state index contributed by atoms with van der Waals surface area (Å²) in [5, 5.41) is 11.6. The van der Waals surface area contributed by atoms with E-state index >= 15 is 0 Å². The Morgan fingerprint density at radius 2 is 2.16 bits per heavy atom. The van der Waals surface area contributed by atoms with E-state index in [1.807, 2.05) is 12.1 Å². The van der Waals surface area contributed by atoms with Gasteiger partial charge in [-0.1, -0.05) is 24.9 Å². The molecule has 5 nitrogen and oxygen atoms in total. The van der Waals surface area contributed by atoms with E-state index in [0.29, 0.717) is 17.5 Å². The van der Waals surface area contributed by atoms with Gasteiger partial charge in [-0.05, 0) is 30.9 Å². The van der Waals surface area contributed by atoms with Gasteiger partial charge < -0.3 is 15.8 Å². The fourth-order valence-electron chi connectivity index (χ4n) is 2.85. The van der Waals surface area contributed by atoms with E-state index in [1.165, 1.54) is 25.7 Å². The van der Waals surface area contributed by atoms with Crippen LogP contribution in [0.4, 0.5) is 5.82 Å². The molecule has 1 saturated carbocycles. The van der Waals surface area contributed by atoms with E-state index in [2.05, 4.69) is 29.0 Å². The first kappa shape index (κ1) is 13.6. The van der Waals surface area contributed by atoms with Crippen molar-refractivity contribution in [3.05, 3.63) is 23.9 Å². The number of rotatable bonds is 3. The van der Waals surface area contributed by atoms with E-state index < -0.39 is 0 Å². The molecule has 0 aliphatic heterocycles. The van der Waals surface area contributed by atoms with Gasteiger partial charge in [0.25, 0.3) is 0 Å². The summed E-state index contributed by atoms with van der Waals surface area (Å²) in [6, 6.07) is 4.31. The van der Waals surface area contributed by atoms with Crippen molar-refractivity contribution in [3.8, 4) is 0 Å². The van der Waals surface area contributed by atoms with Gasteiger partial charge in [-0.25, -0.2) is 4.98 Å². The maximum atomic E-state index is 8.63. The topological polar surface area (TPSA) is 74.7 Å². The molecule has 0 radical (unpaired) electrons. The summed E-state index contributed by atoms with van der Waals surface area (Å²) in [4.78, 5) is 6.66. The Hall–Kier alpha value is -1.78. The van der Waals surface area contributed by atoms with Gasteiger partial charge in [-0.15, -0.1) is 0 Å². The third-order valence-corrected chi connectivity index (χ3v) is 4.08. The van der Waals surface area contributed by atoms with E-state index in [9.17, 15) is 0 Å². The summed E-state index contributed by atoms with van der Waals surface area (Å²) in [6.45, 7) is 2.31. The molecule has 2 rings (SSSR count). The monoisotopic (exact) mass is 262 g/mol. The van der Waals surface area contributed by atoms with Crippen LogP contribution in [-0.4, -0.2) is 29.1 Å². The predicted molar refractivity (Wildman–Crippen MR) is 76.6 cm³/mol. The molecule has 1 aliphatic rings. The average Bonchev–Trinajstić information content (AvgIpc) is 2.46. The summed E-state index contributed by atoms with van der Waals surface area (Å²) >= 11 is 0. The number of hydrogen-bond acceptors (Lipinski definition) is 4. The molecular weight excluding hydrogens is 240 g/mol. The number of pyridine rings is 1. The van der Waals surface area contributed by atoms with E-state index in [0.717, 1.165) is 5.82 Å². The minimum atomic E-state index is 0.0905. The highest BCUT2D eigenvalue weighted by atomic mass is 16.4. The van der Waals surface area contributed by atoms with Crippen molar-refractivity contribution in [2.75, 3.05) is 11.9 Å². The van der Waals surface area contributed by atoms with Crippen LogP contribution in [0.25, 0.3) is 0 Å². The molecule has 0 saturated heterocycles. The fourth-order valence-corrected chi connectivity index (χ4v) is 2.85. The molecule has 19 heavy (non-hydrogen) atoms. The van der Waals surface area contributed by atoms with E-state index in [-0.39, 0.29) is 5.84 Å². The summed E-state index contributed by atoms with van der Waals surface area (Å²) < 4.78 is 0. The van der Waals surface area contributed by atoms with Crippen LogP contribution in [0.5, 0.6) is 0 Å². The normalized spacial score (nSPS) is 24.2. The third-order valence-electron chi connectivity index (χ3n) is 4.08. The van der Waals surface area contributed by atoms with Crippen LogP contribution >= 0.6 is 0 Å². The molecule has 0 spiro atoms. The van der Waals surface area contributed by atoms with E-state index in [4.69, 9.17) is 10.9 Å². The van der Waals surface area contributed by atoms with Crippen molar-refractivity contribution >= 4 is 11.7 Å². The van der Waals surface area contributed by atoms with Crippen molar-refractivity contribution in [2.24, 2.45) is 16.8 Å². The number of anilines is 1. The van der Waals surface area contributed by atoms with Gasteiger partial charge in [-0.2, -0.15) is 0 Å². The van der Waals surface area contributed by atoms with Crippen molar-refractivity contribution in [3.63, 3.8) is 0 Å². The molecule has 0 bridgehead atoms. The molecule has 104 valence electrons. The van der Waals surface area contributed by atoms with Crippen LogP contribution in [0.15, 0.2) is 23.5 Å². The number of aromatic nitrogens is 1. The molecule has 5 heteroatoms. The molecule has 1 aromatic rings. The minimum Gasteiger partial charge on any atom is -0.409 e.